The topological polar surface area (TPSA) is 37.8 Å². The zero-order valence-electron chi connectivity index (χ0n) is 12.7. The SMILES string of the molecule is CCc1nc(-c2cnccc2C)sc1CNCC(C)C. The molecule has 3 nitrogen and oxygen atoms in total. The van der Waals surface area contributed by atoms with E-state index in [1.165, 1.54) is 16.1 Å². The third-order valence-electron chi connectivity index (χ3n) is 3.22. The Morgan fingerprint density at radius 2 is 2.15 bits per heavy atom. The van der Waals surface area contributed by atoms with Crippen molar-refractivity contribution in [3.8, 4) is 10.6 Å². The van der Waals surface area contributed by atoms with Gasteiger partial charge in [-0.2, -0.15) is 0 Å². The van der Waals surface area contributed by atoms with Crippen molar-refractivity contribution in [2.45, 2.75) is 40.7 Å². The molecule has 0 spiro atoms. The summed E-state index contributed by atoms with van der Waals surface area (Å²) in [5.74, 6) is 0.674. The fraction of sp³-hybridized carbons (Fsp3) is 0.500. The standard InChI is InChI=1S/C16H23N3S/c1-5-14-15(10-18-8-11(2)3)20-16(19-14)13-9-17-7-6-12(13)4/h6-7,9,11,18H,5,8,10H2,1-4H3. The van der Waals surface area contributed by atoms with Gasteiger partial charge in [0.2, 0.25) is 0 Å². The summed E-state index contributed by atoms with van der Waals surface area (Å²) in [5.41, 5.74) is 3.60. The molecule has 2 heterocycles. The summed E-state index contributed by atoms with van der Waals surface area (Å²) in [5, 5.41) is 4.60. The molecule has 0 saturated carbocycles. The Kier molecular flexibility index (Phi) is 5.26. The summed E-state index contributed by atoms with van der Waals surface area (Å²) in [4.78, 5) is 10.4. The highest BCUT2D eigenvalue weighted by Gasteiger charge is 2.12. The molecule has 0 saturated heterocycles. The molecule has 0 amide bonds. The molecule has 0 bridgehead atoms. The minimum atomic E-state index is 0.674. The van der Waals surface area contributed by atoms with Gasteiger partial charge in [-0.1, -0.05) is 20.8 Å². The van der Waals surface area contributed by atoms with Crippen LogP contribution in [0.25, 0.3) is 10.6 Å². The Morgan fingerprint density at radius 1 is 1.35 bits per heavy atom. The zero-order chi connectivity index (χ0) is 14.5. The van der Waals surface area contributed by atoms with Gasteiger partial charge in [0.1, 0.15) is 5.01 Å². The van der Waals surface area contributed by atoms with Gasteiger partial charge < -0.3 is 5.32 Å². The first-order valence-electron chi connectivity index (χ1n) is 7.22. The lowest BCUT2D eigenvalue weighted by Crippen LogP contribution is -2.18. The maximum atomic E-state index is 4.80. The molecule has 2 aromatic rings. The van der Waals surface area contributed by atoms with Gasteiger partial charge in [-0.05, 0) is 37.4 Å². The highest BCUT2D eigenvalue weighted by atomic mass is 32.1. The van der Waals surface area contributed by atoms with Crippen molar-refractivity contribution >= 4 is 11.3 Å². The number of thiazole rings is 1. The molecular formula is C16H23N3S. The molecule has 0 unspecified atom stereocenters. The van der Waals surface area contributed by atoms with Gasteiger partial charge in [0.25, 0.3) is 0 Å². The van der Waals surface area contributed by atoms with Crippen molar-refractivity contribution in [1.29, 1.82) is 0 Å². The maximum Gasteiger partial charge on any atom is 0.125 e. The number of nitrogens with zero attached hydrogens (tertiary/aromatic N) is 2. The molecule has 2 rings (SSSR count). The van der Waals surface area contributed by atoms with Crippen molar-refractivity contribution in [3.05, 3.63) is 34.6 Å². The van der Waals surface area contributed by atoms with Crippen LogP contribution < -0.4 is 5.32 Å². The first-order chi connectivity index (χ1) is 9.61. The van der Waals surface area contributed by atoms with Gasteiger partial charge in [0, 0.05) is 29.4 Å². The Bertz CT molecular complexity index is 561. The van der Waals surface area contributed by atoms with E-state index in [0.717, 1.165) is 30.1 Å². The summed E-state index contributed by atoms with van der Waals surface area (Å²) in [6, 6.07) is 2.04. The summed E-state index contributed by atoms with van der Waals surface area (Å²) in [6.45, 7) is 10.7. The third kappa shape index (κ3) is 3.64. The van der Waals surface area contributed by atoms with Crippen molar-refractivity contribution in [3.63, 3.8) is 0 Å². The quantitative estimate of drug-likeness (QED) is 0.878. The van der Waals surface area contributed by atoms with E-state index in [1.807, 2.05) is 18.5 Å². The molecule has 0 aliphatic carbocycles. The van der Waals surface area contributed by atoms with E-state index in [0.29, 0.717) is 5.92 Å². The van der Waals surface area contributed by atoms with Gasteiger partial charge in [-0.25, -0.2) is 4.98 Å². The van der Waals surface area contributed by atoms with Gasteiger partial charge in [0.15, 0.2) is 0 Å². The zero-order valence-corrected chi connectivity index (χ0v) is 13.5. The number of hydrogen-bond donors (Lipinski definition) is 1. The van der Waals surface area contributed by atoms with Crippen LogP contribution >= 0.6 is 11.3 Å². The van der Waals surface area contributed by atoms with Crippen LogP contribution in [-0.2, 0) is 13.0 Å². The second-order valence-electron chi connectivity index (χ2n) is 5.46. The average molecular weight is 289 g/mol. The molecular weight excluding hydrogens is 266 g/mol. The summed E-state index contributed by atoms with van der Waals surface area (Å²) < 4.78 is 0. The Morgan fingerprint density at radius 3 is 2.80 bits per heavy atom. The van der Waals surface area contributed by atoms with Crippen molar-refractivity contribution < 1.29 is 0 Å². The molecule has 0 atom stereocenters. The number of aryl methyl sites for hydroxylation is 2. The van der Waals surface area contributed by atoms with Crippen molar-refractivity contribution in [1.82, 2.24) is 15.3 Å². The number of pyridine rings is 1. The molecule has 0 fully saturated rings. The summed E-state index contributed by atoms with van der Waals surface area (Å²) >= 11 is 1.79. The van der Waals surface area contributed by atoms with E-state index < -0.39 is 0 Å². The monoisotopic (exact) mass is 289 g/mol. The number of aromatic nitrogens is 2. The van der Waals surface area contributed by atoms with Gasteiger partial charge in [0.05, 0.1) is 5.69 Å². The third-order valence-corrected chi connectivity index (χ3v) is 4.35. The molecule has 2 aromatic heterocycles. The lowest BCUT2D eigenvalue weighted by molar-refractivity contribution is 0.553. The van der Waals surface area contributed by atoms with E-state index >= 15 is 0 Å². The molecule has 20 heavy (non-hydrogen) atoms. The second-order valence-corrected chi connectivity index (χ2v) is 6.54. The fourth-order valence-corrected chi connectivity index (χ4v) is 3.27. The Labute approximate surface area is 125 Å². The van der Waals surface area contributed by atoms with Crippen LogP contribution in [-0.4, -0.2) is 16.5 Å². The second kappa shape index (κ2) is 6.95. The lowest BCUT2D eigenvalue weighted by atomic mass is 10.2. The first-order valence-corrected chi connectivity index (χ1v) is 8.03. The van der Waals surface area contributed by atoms with Gasteiger partial charge in [-0.15, -0.1) is 11.3 Å². The molecule has 1 N–H and O–H groups in total. The first kappa shape index (κ1) is 15.1. The molecule has 0 radical (unpaired) electrons. The number of rotatable bonds is 6. The van der Waals surface area contributed by atoms with Crippen LogP contribution in [0.2, 0.25) is 0 Å². The van der Waals surface area contributed by atoms with Crippen LogP contribution in [0.3, 0.4) is 0 Å². The van der Waals surface area contributed by atoms with E-state index in [9.17, 15) is 0 Å². The number of hydrogen-bond acceptors (Lipinski definition) is 4. The van der Waals surface area contributed by atoms with Crippen molar-refractivity contribution in [2.24, 2.45) is 5.92 Å². The summed E-state index contributed by atoms with van der Waals surface area (Å²) in [6.07, 6.45) is 4.73. The largest absolute Gasteiger partial charge is 0.312 e. The van der Waals surface area contributed by atoms with Crippen LogP contribution in [0.4, 0.5) is 0 Å². The van der Waals surface area contributed by atoms with E-state index in [2.05, 4.69) is 38.0 Å². The van der Waals surface area contributed by atoms with Gasteiger partial charge in [-0.3, -0.25) is 4.98 Å². The highest BCUT2D eigenvalue weighted by molar-refractivity contribution is 7.15. The molecule has 0 aromatic carbocycles. The minimum Gasteiger partial charge on any atom is -0.312 e. The summed E-state index contributed by atoms with van der Waals surface area (Å²) in [7, 11) is 0. The van der Waals surface area contributed by atoms with E-state index in [-0.39, 0.29) is 0 Å². The van der Waals surface area contributed by atoms with Crippen LogP contribution in [0.5, 0.6) is 0 Å². The Hall–Kier alpha value is -1.26. The predicted octanol–water partition coefficient (Wildman–Crippen LogP) is 3.82. The van der Waals surface area contributed by atoms with Crippen LogP contribution in [0, 0.1) is 12.8 Å². The molecule has 0 aliphatic rings. The van der Waals surface area contributed by atoms with E-state index in [4.69, 9.17) is 4.98 Å². The maximum absolute atomic E-state index is 4.80. The van der Waals surface area contributed by atoms with Crippen molar-refractivity contribution in [2.75, 3.05) is 6.54 Å². The molecule has 4 heteroatoms. The normalized spacial score (nSPS) is 11.2. The molecule has 0 aliphatic heterocycles. The van der Waals surface area contributed by atoms with Gasteiger partial charge >= 0.3 is 0 Å². The highest BCUT2D eigenvalue weighted by Crippen LogP contribution is 2.30. The van der Waals surface area contributed by atoms with E-state index in [1.54, 1.807) is 11.3 Å². The van der Waals surface area contributed by atoms with Crippen LogP contribution in [0.15, 0.2) is 18.5 Å². The molecule has 108 valence electrons. The average Bonchev–Trinajstić information content (AvgIpc) is 2.82. The minimum absolute atomic E-state index is 0.674. The predicted molar refractivity (Wildman–Crippen MR) is 86.0 cm³/mol. The smallest absolute Gasteiger partial charge is 0.125 e. The lowest BCUT2D eigenvalue weighted by Gasteiger charge is -2.06. The van der Waals surface area contributed by atoms with Crippen LogP contribution in [0.1, 0.15) is 36.9 Å². The number of nitrogens with one attached hydrogen (secondary N) is 1. The fourth-order valence-electron chi connectivity index (χ4n) is 2.08. The Balaban J connectivity index is 2.20.